The summed E-state index contributed by atoms with van der Waals surface area (Å²) in [5, 5.41) is 10.8. The molecule has 0 saturated heterocycles. The van der Waals surface area contributed by atoms with E-state index in [0.717, 1.165) is 10.0 Å². The number of hydrogen-bond donors (Lipinski definition) is 1. The van der Waals surface area contributed by atoms with E-state index < -0.39 is 0 Å². The number of nitrogens with one attached hydrogen (secondary N) is 1. The molecule has 1 aromatic rings. The summed E-state index contributed by atoms with van der Waals surface area (Å²) in [5.41, 5.74) is 1.57. The first kappa shape index (κ1) is 10.7. The van der Waals surface area contributed by atoms with Crippen LogP contribution < -0.4 is 5.32 Å². The smallest absolute Gasteiger partial charge is 0.252 e. The van der Waals surface area contributed by atoms with Crippen LogP contribution in [-0.2, 0) is 0 Å². The lowest BCUT2D eigenvalue weighted by atomic mass is 10.1. The van der Waals surface area contributed by atoms with Crippen LogP contribution in [0.1, 0.15) is 15.9 Å². The molecule has 4 heteroatoms. The predicted octanol–water partition coefficient (Wildman–Crippen LogP) is 2.01. The number of aryl methyl sites for hydroxylation is 1. The molecule has 0 aromatic heterocycles. The number of halogens is 1. The second kappa shape index (κ2) is 4.77. The van der Waals surface area contributed by atoms with Gasteiger partial charge in [-0.25, -0.2) is 0 Å². The number of nitriles is 1. The Morgan fingerprint density at radius 1 is 1.64 bits per heavy atom. The largest absolute Gasteiger partial charge is 0.339 e. The Balaban J connectivity index is 2.82. The van der Waals surface area contributed by atoms with Gasteiger partial charge in [0.05, 0.1) is 6.07 Å². The van der Waals surface area contributed by atoms with Crippen molar-refractivity contribution in [2.24, 2.45) is 0 Å². The van der Waals surface area contributed by atoms with Crippen LogP contribution in [-0.4, -0.2) is 12.5 Å². The molecule has 3 nitrogen and oxygen atoms in total. The normalized spacial score (nSPS) is 9.21. The molecule has 14 heavy (non-hydrogen) atoms. The van der Waals surface area contributed by atoms with Gasteiger partial charge in [0, 0.05) is 10.0 Å². The van der Waals surface area contributed by atoms with Crippen molar-refractivity contribution in [1.82, 2.24) is 5.32 Å². The first-order valence-corrected chi connectivity index (χ1v) is 4.85. The lowest BCUT2D eigenvalue weighted by Crippen LogP contribution is -2.23. The van der Waals surface area contributed by atoms with Gasteiger partial charge in [0.2, 0.25) is 0 Å². The maximum atomic E-state index is 11.4. The number of nitrogens with zero attached hydrogens (tertiary/aromatic N) is 1. The summed E-state index contributed by atoms with van der Waals surface area (Å²) in [6.45, 7) is 1.94. The van der Waals surface area contributed by atoms with Gasteiger partial charge >= 0.3 is 0 Å². The molecule has 0 unspecified atom stereocenters. The molecule has 0 atom stereocenters. The molecule has 1 N–H and O–H groups in total. The summed E-state index contributed by atoms with van der Waals surface area (Å²) in [6, 6.07) is 7.16. The van der Waals surface area contributed by atoms with Gasteiger partial charge in [0.25, 0.3) is 5.91 Å². The molecule has 1 aromatic carbocycles. The van der Waals surface area contributed by atoms with Crippen molar-refractivity contribution in [3.8, 4) is 6.07 Å². The lowest BCUT2D eigenvalue weighted by Gasteiger charge is -2.03. The molecular weight excluding hydrogens is 244 g/mol. The molecule has 0 aliphatic heterocycles. The molecule has 0 aliphatic carbocycles. The number of benzene rings is 1. The van der Waals surface area contributed by atoms with Crippen molar-refractivity contribution in [3.63, 3.8) is 0 Å². The molecular formula is C10H9BrN2O. The Labute approximate surface area is 90.9 Å². The summed E-state index contributed by atoms with van der Waals surface area (Å²) < 4.78 is 0.967. The number of rotatable bonds is 2. The maximum absolute atomic E-state index is 11.4. The molecule has 0 saturated carbocycles. The summed E-state index contributed by atoms with van der Waals surface area (Å²) >= 11 is 3.35. The van der Waals surface area contributed by atoms with Crippen LogP contribution in [0.15, 0.2) is 22.7 Å². The van der Waals surface area contributed by atoms with Crippen molar-refractivity contribution in [1.29, 1.82) is 5.26 Å². The lowest BCUT2D eigenvalue weighted by molar-refractivity contribution is 0.0958. The second-order valence-corrected chi connectivity index (χ2v) is 3.66. The molecule has 1 rings (SSSR count). The van der Waals surface area contributed by atoms with Gasteiger partial charge in [-0.15, -0.1) is 0 Å². The van der Waals surface area contributed by atoms with E-state index in [9.17, 15) is 4.79 Å². The van der Waals surface area contributed by atoms with Gasteiger partial charge in [0.15, 0.2) is 0 Å². The second-order valence-electron chi connectivity index (χ2n) is 2.80. The third kappa shape index (κ3) is 2.57. The average Bonchev–Trinajstić information content (AvgIpc) is 2.18. The number of carbonyl (C=O) groups is 1. The first-order valence-electron chi connectivity index (χ1n) is 4.06. The zero-order valence-corrected chi connectivity index (χ0v) is 9.26. The van der Waals surface area contributed by atoms with E-state index in [2.05, 4.69) is 21.2 Å². The summed E-state index contributed by atoms with van der Waals surface area (Å²) in [5.74, 6) is -0.220. The van der Waals surface area contributed by atoms with Gasteiger partial charge in [0.1, 0.15) is 6.54 Å². The SMILES string of the molecule is Cc1cc(C(=O)NCC#N)ccc1Br. The van der Waals surface area contributed by atoms with Crippen LogP contribution in [0.25, 0.3) is 0 Å². The highest BCUT2D eigenvalue weighted by atomic mass is 79.9. The van der Waals surface area contributed by atoms with Crippen LogP contribution in [0.4, 0.5) is 0 Å². The zero-order chi connectivity index (χ0) is 10.6. The topological polar surface area (TPSA) is 52.9 Å². The fourth-order valence-corrected chi connectivity index (χ4v) is 1.25. The minimum atomic E-state index is -0.220. The monoisotopic (exact) mass is 252 g/mol. The average molecular weight is 253 g/mol. The molecule has 0 aliphatic rings. The minimum absolute atomic E-state index is 0.0357. The highest BCUT2D eigenvalue weighted by molar-refractivity contribution is 9.10. The van der Waals surface area contributed by atoms with Gasteiger partial charge in [-0.2, -0.15) is 5.26 Å². The quantitative estimate of drug-likeness (QED) is 0.819. The van der Waals surface area contributed by atoms with Crippen molar-refractivity contribution in [3.05, 3.63) is 33.8 Å². The number of hydrogen-bond acceptors (Lipinski definition) is 2. The van der Waals surface area contributed by atoms with E-state index >= 15 is 0 Å². The van der Waals surface area contributed by atoms with Crippen LogP contribution in [0, 0.1) is 18.3 Å². The molecule has 0 heterocycles. The fraction of sp³-hybridized carbons (Fsp3) is 0.200. The molecule has 72 valence electrons. The van der Waals surface area contributed by atoms with E-state index in [1.807, 2.05) is 19.1 Å². The molecule has 0 spiro atoms. The van der Waals surface area contributed by atoms with E-state index in [-0.39, 0.29) is 12.5 Å². The summed E-state index contributed by atoms with van der Waals surface area (Å²) in [4.78, 5) is 11.4. The number of carbonyl (C=O) groups excluding carboxylic acids is 1. The van der Waals surface area contributed by atoms with Crippen LogP contribution >= 0.6 is 15.9 Å². The number of amides is 1. The van der Waals surface area contributed by atoms with Gasteiger partial charge < -0.3 is 5.32 Å². The standard InChI is InChI=1S/C10H9BrN2O/c1-7-6-8(2-3-9(7)11)10(14)13-5-4-12/h2-3,6H,5H2,1H3,(H,13,14). The Bertz CT molecular complexity index is 396. The molecule has 1 amide bonds. The predicted molar refractivity (Wildman–Crippen MR) is 56.8 cm³/mol. The Kier molecular flexibility index (Phi) is 3.66. The Morgan fingerprint density at radius 3 is 2.93 bits per heavy atom. The van der Waals surface area contributed by atoms with Gasteiger partial charge in [-0.05, 0) is 30.7 Å². The van der Waals surface area contributed by atoms with Gasteiger partial charge in [-0.1, -0.05) is 15.9 Å². The third-order valence-electron chi connectivity index (χ3n) is 1.75. The van der Waals surface area contributed by atoms with Gasteiger partial charge in [-0.3, -0.25) is 4.79 Å². The molecule has 0 bridgehead atoms. The van der Waals surface area contributed by atoms with E-state index in [4.69, 9.17) is 5.26 Å². The Hall–Kier alpha value is -1.34. The van der Waals surface area contributed by atoms with Crippen molar-refractivity contribution >= 4 is 21.8 Å². The maximum Gasteiger partial charge on any atom is 0.252 e. The Morgan fingerprint density at radius 2 is 2.36 bits per heavy atom. The van der Waals surface area contributed by atoms with Crippen LogP contribution in [0.3, 0.4) is 0 Å². The minimum Gasteiger partial charge on any atom is -0.339 e. The van der Waals surface area contributed by atoms with Crippen molar-refractivity contribution in [2.45, 2.75) is 6.92 Å². The van der Waals surface area contributed by atoms with Crippen LogP contribution in [0.5, 0.6) is 0 Å². The summed E-state index contributed by atoms with van der Waals surface area (Å²) in [6.07, 6.45) is 0. The van der Waals surface area contributed by atoms with E-state index in [1.165, 1.54) is 0 Å². The zero-order valence-electron chi connectivity index (χ0n) is 7.67. The van der Waals surface area contributed by atoms with E-state index in [0.29, 0.717) is 5.56 Å². The fourth-order valence-electron chi connectivity index (χ4n) is 1.01. The van der Waals surface area contributed by atoms with Crippen molar-refractivity contribution in [2.75, 3.05) is 6.54 Å². The van der Waals surface area contributed by atoms with Crippen LogP contribution in [0.2, 0.25) is 0 Å². The molecule has 0 radical (unpaired) electrons. The van der Waals surface area contributed by atoms with Crippen molar-refractivity contribution < 1.29 is 4.79 Å². The molecule has 0 fully saturated rings. The highest BCUT2D eigenvalue weighted by Crippen LogP contribution is 2.16. The summed E-state index contributed by atoms with van der Waals surface area (Å²) in [7, 11) is 0. The third-order valence-corrected chi connectivity index (χ3v) is 2.64. The highest BCUT2D eigenvalue weighted by Gasteiger charge is 2.05. The van der Waals surface area contributed by atoms with E-state index in [1.54, 1.807) is 12.1 Å². The first-order chi connectivity index (χ1) is 6.65.